The number of hydrogen-bond acceptors (Lipinski definition) is 4. The molecule has 2 rings (SSSR count). The largest absolute Gasteiger partial charge is 0.497 e. The van der Waals surface area contributed by atoms with E-state index in [2.05, 4.69) is 15.5 Å². The average Bonchev–Trinajstić information content (AvgIpc) is 2.46. The van der Waals surface area contributed by atoms with Gasteiger partial charge in [-0.1, -0.05) is 0 Å². The minimum Gasteiger partial charge on any atom is -0.497 e. The molecule has 1 fully saturated rings. The van der Waals surface area contributed by atoms with Crippen LogP contribution in [0.2, 0.25) is 0 Å². The van der Waals surface area contributed by atoms with Crippen LogP contribution in [0.4, 0.5) is 5.69 Å². The maximum Gasteiger partial charge on any atom is 0.238 e. The van der Waals surface area contributed by atoms with Crippen molar-refractivity contribution >= 4 is 11.6 Å². The third-order valence-corrected chi connectivity index (χ3v) is 3.18. The highest BCUT2D eigenvalue weighted by molar-refractivity contribution is 5.82. The quantitative estimate of drug-likeness (QED) is 0.804. The number of ether oxygens (including phenoxy) is 1. The second kappa shape index (κ2) is 5.73. The Morgan fingerprint density at radius 2 is 2.17 bits per heavy atom. The monoisotopic (exact) mass is 249 g/mol. The van der Waals surface area contributed by atoms with Crippen molar-refractivity contribution in [3.8, 4) is 5.75 Å². The topological polar surface area (TPSA) is 53.6 Å². The van der Waals surface area contributed by atoms with Gasteiger partial charge < -0.3 is 20.3 Å². The van der Waals surface area contributed by atoms with E-state index in [0.29, 0.717) is 6.54 Å². The highest BCUT2D eigenvalue weighted by atomic mass is 16.5. The minimum atomic E-state index is -0.147. The summed E-state index contributed by atoms with van der Waals surface area (Å²) in [6, 6.07) is 7.76. The third kappa shape index (κ3) is 2.73. The van der Waals surface area contributed by atoms with Crippen LogP contribution in [0.5, 0.6) is 5.75 Å². The normalized spacial score (nSPS) is 19.4. The molecule has 1 atom stereocenters. The molecule has 0 aromatic heterocycles. The number of amides is 1. The Hall–Kier alpha value is -1.75. The molecule has 1 amide bonds. The van der Waals surface area contributed by atoms with Crippen LogP contribution in [-0.2, 0) is 4.79 Å². The zero-order valence-corrected chi connectivity index (χ0v) is 10.8. The first kappa shape index (κ1) is 12.7. The first-order chi connectivity index (χ1) is 8.74. The summed E-state index contributed by atoms with van der Waals surface area (Å²) in [6.07, 6.45) is 0. The number of piperazine rings is 1. The van der Waals surface area contributed by atoms with Crippen LogP contribution in [0, 0.1) is 0 Å². The maximum atomic E-state index is 11.6. The van der Waals surface area contributed by atoms with E-state index in [9.17, 15) is 4.79 Å². The molecule has 5 heteroatoms. The molecule has 1 aliphatic heterocycles. The third-order valence-electron chi connectivity index (χ3n) is 3.18. The number of nitrogens with one attached hydrogen (secondary N) is 2. The van der Waals surface area contributed by atoms with Crippen molar-refractivity contribution in [2.24, 2.45) is 0 Å². The smallest absolute Gasteiger partial charge is 0.238 e. The number of rotatable bonds is 3. The molecule has 2 N–H and O–H groups in total. The van der Waals surface area contributed by atoms with Crippen molar-refractivity contribution in [2.75, 3.05) is 38.7 Å². The molecule has 1 heterocycles. The highest BCUT2D eigenvalue weighted by Gasteiger charge is 2.24. The first-order valence-corrected chi connectivity index (χ1v) is 6.08. The summed E-state index contributed by atoms with van der Waals surface area (Å²) in [6.45, 7) is 2.40. The molecule has 1 aromatic rings. The van der Waals surface area contributed by atoms with E-state index >= 15 is 0 Å². The van der Waals surface area contributed by atoms with Crippen LogP contribution in [-0.4, -0.2) is 45.7 Å². The van der Waals surface area contributed by atoms with Gasteiger partial charge in [0.2, 0.25) is 5.91 Å². The molecule has 0 bridgehead atoms. The van der Waals surface area contributed by atoms with E-state index < -0.39 is 0 Å². The van der Waals surface area contributed by atoms with Gasteiger partial charge in [-0.2, -0.15) is 0 Å². The molecule has 0 spiro atoms. The van der Waals surface area contributed by atoms with Gasteiger partial charge in [-0.15, -0.1) is 0 Å². The summed E-state index contributed by atoms with van der Waals surface area (Å²) in [4.78, 5) is 13.8. The number of nitrogens with zero attached hydrogens (tertiary/aromatic N) is 1. The van der Waals surface area contributed by atoms with Gasteiger partial charge in [0.25, 0.3) is 0 Å². The fourth-order valence-corrected chi connectivity index (χ4v) is 2.13. The van der Waals surface area contributed by atoms with E-state index in [4.69, 9.17) is 4.74 Å². The number of carbonyl (C=O) groups is 1. The van der Waals surface area contributed by atoms with E-state index in [0.717, 1.165) is 24.5 Å². The molecule has 0 aliphatic carbocycles. The molecule has 1 saturated heterocycles. The summed E-state index contributed by atoms with van der Waals surface area (Å²) in [7, 11) is 3.32. The Morgan fingerprint density at radius 1 is 1.44 bits per heavy atom. The molecule has 1 aliphatic rings. The Bertz CT molecular complexity index is 405. The molecule has 18 heavy (non-hydrogen) atoms. The predicted molar refractivity (Wildman–Crippen MR) is 71.1 cm³/mol. The number of hydrogen-bond donors (Lipinski definition) is 2. The van der Waals surface area contributed by atoms with E-state index in [1.165, 1.54) is 0 Å². The van der Waals surface area contributed by atoms with Gasteiger partial charge in [0.05, 0.1) is 7.11 Å². The van der Waals surface area contributed by atoms with Gasteiger partial charge >= 0.3 is 0 Å². The van der Waals surface area contributed by atoms with Crippen LogP contribution in [0.1, 0.15) is 0 Å². The summed E-state index contributed by atoms with van der Waals surface area (Å²) in [5.41, 5.74) is 1.12. The van der Waals surface area contributed by atoms with E-state index in [1.54, 1.807) is 14.2 Å². The summed E-state index contributed by atoms with van der Waals surface area (Å²) >= 11 is 0. The van der Waals surface area contributed by atoms with Crippen LogP contribution < -0.4 is 20.3 Å². The van der Waals surface area contributed by atoms with E-state index in [1.807, 2.05) is 24.3 Å². The maximum absolute atomic E-state index is 11.6. The number of likely N-dealkylation sites (N-methyl/N-ethyl adjacent to an activating group) is 1. The molecule has 5 nitrogen and oxygen atoms in total. The van der Waals surface area contributed by atoms with Gasteiger partial charge in [0.15, 0.2) is 0 Å². The van der Waals surface area contributed by atoms with Gasteiger partial charge in [0, 0.05) is 32.4 Å². The van der Waals surface area contributed by atoms with Crippen molar-refractivity contribution in [1.82, 2.24) is 10.6 Å². The lowest BCUT2D eigenvalue weighted by Gasteiger charge is -2.34. The number of anilines is 1. The molecule has 0 saturated carbocycles. The summed E-state index contributed by atoms with van der Waals surface area (Å²) < 4.78 is 5.14. The molecular weight excluding hydrogens is 230 g/mol. The zero-order valence-electron chi connectivity index (χ0n) is 10.8. The van der Waals surface area contributed by atoms with Crippen molar-refractivity contribution in [1.29, 1.82) is 0 Å². The zero-order chi connectivity index (χ0) is 13.0. The molecule has 98 valence electrons. The Balaban J connectivity index is 2.05. The van der Waals surface area contributed by atoms with Crippen LogP contribution >= 0.6 is 0 Å². The lowest BCUT2D eigenvalue weighted by molar-refractivity contribution is -0.122. The van der Waals surface area contributed by atoms with Gasteiger partial charge in [0.1, 0.15) is 11.8 Å². The van der Waals surface area contributed by atoms with Crippen LogP contribution in [0.3, 0.4) is 0 Å². The fourth-order valence-electron chi connectivity index (χ4n) is 2.13. The number of carbonyl (C=O) groups excluding carboxylic acids is 1. The highest BCUT2D eigenvalue weighted by Crippen LogP contribution is 2.20. The van der Waals surface area contributed by atoms with Crippen LogP contribution in [0.25, 0.3) is 0 Å². The van der Waals surface area contributed by atoms with Crippen molar-refractivity contribution < 1.29 is 9.53 Å². The Kier molecular flexibility index (Phi) is 4.04. The predicted octanol–water partition coefficient (Wildman–Crippen LogP) is 0.219. The fraction of sp³-hybridized carbons (Fsp3) is 0.462. The number of methoxy groups -OCH3 is 1. The first-order valence-electron chi connectivity index (χ1n) is 6.08. The van der Waals surface area contributed by atoms with Gasteiger partial charge in [-0.05, 0) is 24.3 Å². The van der Waals surface area contributed by atoms with Crippen molar-refractivity contribution in [3.63, 3.8) is 0 Å². The molecule has 0 unspecified atom stereocenters. The molecule has 0 radical (unpaired) electrons. The average molecular weight is 249 g/mol. The van der Waals surface area contributed by atoms with Gasteiger partial charge in [-0.25, -0.2) is 0 Å². The Morgan fingerprint density at radius 3 is 2.78 bits per heavy atom. The SMILES string of the molecule is CNC(=O)[C@@H]1CN(c2ccc(OC)cc2)CCN1. The second-order valence-corrected chi connectivity index (χ2v) is 4.27. The summed E-state index contributed by atoms with van der Waals surface area (Å²) in [5.74, 6) is 0.880. The minimum absolute atomic E-state index is 0.0354. The summed E-state index contributed by atoms with van der Waals surface area (Å²) in [5, 5.41) is 5.89. The Labute approximate surface area is 107 Å². The lowest BCUT2D eigenvalue weighted by Crippen LogP contribution is -2.56. The van der Waals surface area contributed by atoms with Crippen molar-refractivity contribution in [3.05, 3.63) is 24.3 Å². The number of benzene rings is 1. The second-order valence-electron chi connectivity index (χ2n) is 4.27. The van der Waals surface area contributed by atoms with Gasteiger partial charge in [-0.3, -0.25) is 4.79 Å². The van der Waals surface area contributed by atoms with Crippen molar-refractivity contribution in [2.45, 2.75) is 6.04 Å². The van der Waals surface area contributed by atoms with E-state index in [-0.39, 0.29) is 11.9 Å². The lowest BCUT2D eigenvalue weighted by atomic mass is 10.1. The van der Waals surface area contributed by atoms with Crippen LogP contribution in [0.15, 0.2) is 24.3 Å². The molecule has 1 aromatic carbocycles. The standard InChI is InChI=1S/C13H19N3O2/c1-14-13(17)12-9-16(8-7-15-12)10-3-5-11(18-2)6-4-10/h3-6,12,15H,7-9H2,1-2H3,(H,14,17)/t12-/m0/s1. The molecular formula is C13H19N3O2.